The summed E-state index contributed by atoms with van der Waals surface area (Å²) in [4.78, 5) is 0. The molecular formula is C9H17NO. The molecule has 2 heteroatoms. The van der Waals surface area contributed by atoms with Gasteiger partial charge in [0.25, 0.3) is 0 Å². The van der Waals surface area contributed by atoms with Crippen LogP contribution in [0.15, 0.2) is 25.3 Å². The normalized spacial score (nSPS) is 18.5. The van der Waals surface area contributed by atoms with Crippen LogP contribution in [0.4, 0.5) is 0 Å². The van der Waals surface area contributed by atoms with Crippen LogP contribution >= 0.6 is 0 Å². The van der Waals surface area contributed by atoms with Crippen LogP contribution in [0.5, 0.6) is 0 Å². The first-order chi connectivity index (χ1) is 5.10. The lowest BCUT2D eigenvalue weighted by molar-refractivity contribution is 0.0610. The van der Waals surface area contributed by atoms with E-state index in [1.807, 2.05) is 14.0 Å². The molecule has 11 heavy (non-hydrogen) atoms. The molecule has 0 amide bonds. The van der Waals surface area contributed by atoms with Crippen LogP contribution in [-0.4, -0.2) is 23.8 Å². The lowest BCUT2D eigenvalue weighted by Crippen LogP contribution is -2.45. The van der Waals surface area contributed by atoms with Gasteiger partial charge in [-0.15, -0.1) is 13.2 Å². The first kappa shape index (κ1) is 10.4. The number of aliphatic hydroxyl groups is 1. The topological polar surface area (TPSA) is 32.3 Å². The van der Waals surface area contributed by atoms with Crippen molar-refractivity contribution in [3.05, 3.63) is 25.3 Å². The molecule has 0 aromatic carbocycles. The van der Waals surface area contributed by atoms with E-state index >= 15 is 0 Å². The second-order valence-electron chi connectivity index (χ2n) is 2.70. The van der Waals surface area contributed by atoms with Crippen molar-refractivity contribution in [3.63, 3.8) is 0 Å². The Morgan fingerprint density at radius 2 is 2.18 bits per heavy atom. The third-order valence-electron chi connectivity index (χ3n) is 2.01. The first-order valence-corrected chi connectivity index (χ1v) is 3.75. The monoisotopic (exact) mass is 155 g/mol. The van der Waals surface area contributed by atoms with E-state index in [4.69, 9.17) is 0 Å². The van der Waals surface area contributed by atoms with Gasteiger partial charge in [0, 0.05) is 6.04 Å². The smallest absolute Gasteiger partial charge is 0.101 e. The zero-order valence-corrected chi connectivity index (χ0v) is 7.30. The Balaban J connectivity index is 4.30. The highest BCUT2D eigenvalue weighted by atomic mass is 16.3. The SMILES string of the molecule is C=CCC(O)(C=C)C(C)NC. The largest absolute Gasteiger partial charge is 0.384 e. The minimum atomic E-state index is -0.865. The fourth-order valence-corrected chi connectivity index (χ4v) is 0.918. The number of likely N-dealkylation sites (N-methyl/N-ethyl adjacent to an activating group) is 1. The summed E-state index contributed by atoms with van der Waals surface area (Å²) in [5.74, 6) is 0. The summed E-state index contributed by atoms with van der Waals surface area (Å²) in [6.07, 6.45) is 3.77. The predicted molar refractivity (Wildman–Crippen MR) is 48.5 cm³/mol. The first-order valence-electron chi connectivity index (χ1n) is 3.75. The molecule has 0 fully saturated rings. The summed E-state index contributed by atoms with van der Waals surface area (Å²) in [5, 5.41) is 12.8. The number of nitrogens with one attached hydrogen (secondary N) is 1. The quantitative estimate of drug-likeness (QED) is 0.582. The molecule has 0 aliphatic rings. The molecule has 0 aliphatic carbocycles. The highest BCUT2D eigenvalue weighted by Crippen LogP contribution is 2.16. The highest BCUT2D eigenvalue weighted by molar-refractivity contribution is 5.05. The van der Waals surface area contributed by atoms with E-state index in [0.29, 0.717) is 6.42 Å². The third kappa shape index (κ3) is 2.48. The van der Waals surface area contributed by atoms with Gasteiger partial charge in [-0.05, 0) is 20.4 Å². The molecule has 2 nitrogen and oxygen atoms in total. The molecule has 0 aliphatic heterocycles. The van der Waals surface area contributed by atoms with Crippen molar-refractivity contribution in [2.75, 3.05) is 7.05 Å². The second-order valence-corrected chi connectivity index (χ2v) is 2.70. The molecule has 0 spiro atoms. The van der Waals surface area contributed by atoms with Gasteiger partial charge in [-0.2, -0.15) is 0 Å². The Labute approximate surface area is 68.6 Å². The molecule has 0 rings (SSSR count). The summed E-state index contributed by atoms with van der Waals surface area (Å²) in [7, 11) is 1.81. The standard InChI is InChI=1S/C9H17NO/c1-5-7-9(11,6-2)8(3)10-4/h5-6,8,10-11H,1-2,7H2,3-4H3. The van der Waals surface area contributed by atoms with Gasteiger partial charge in [0.1, 0.15) is 5.60 Å². The van der Waals surface area contributed by atoms with E-state index in [1.54, 1.807) is 12.2 Å². The van der Waals surface area contributed by atoms with Crippen molar-refractivity contribution in [3.8, 4) is 0 Å². The van der Waals surface area contributed by atoms with Crippen LogP contribution in [0, 0.1) is 0 Å². The van der Waals surface area contributed by atoms with Crippen molar-refractivity contribution in [2.24, 2.45) is 0 Å². The van der Waals surface area contributed by atoms with Gasteiger partial charge in [0.05, 0.1) is 0 Å². The molecule has 2 unspecified atom stereocenters. The molecule has 64 valence electrons. The minimum absolute atomic E-state index is 0.00185. The van der Waals surface area contributed by atoms with Crippen molar-refractivity contribution in [1.82, 2.24) is 5.32 Å². The van der Waals surface area contributed by atoms with Crippen LogP contribution in [0.3, 0.4) is 0 Å². The summed E-state index contributed by atoms with van der Waals surface area (Å²) in [6, 6.07) is -0.00185. The molecule has 2 N–H and O–H groups in total. The van der Waals surface area contributed by atoms with Crippen LogP contribution in [0.25, 0.3) is 0 Å². The zero-order chi connectivity index (χ0) is 8.91. The molecule has 0 aromatic heterocycles. The average Bonchev–Trinajstić information content (AvgIpc) is 2.03. The number of rotatable bonds is 5. The maximum absolute atomic E-state index is 9.84. The van der Waals surface area contributed by atoms with Gasteiger partial charge in [-0.1, -0.05) is 12.2 Å². The molecule has 0 saturated carbocycles. The van der Waals surface area contributed by atoms with E-state index in [0.717, 1.165) is 0 Å². The minimum Gasteiger partial charge on any atom is -0.384 e. The van der Waals surface area contributed by atoms with Gasteiger partial charge in [-0.25, -0.2) is 0 Å². The highest BCUT2D eigenvalue weighted by Gasteiger charge is 2.27. The Kier molecular flexibility index (Phi) is 4.08. The Morgan fingerprint density at radius 3 is 2.45 bits per heavy atom. The second kappa shape index (κ2) is 4.31. The maximum Gasteiger partial charge on any atom is 0.101 e. The lowest BCUT2D eigenvalue weighted by Gasteiger charge is -2.29. The van der Waals surface area contributed by atoms with E-state index < -0.39 is 5.60 Å². The van der Waals surface area contributed by atoms with Crippen LogP contribution < -0.4 is 5.32 Å². The van der Waals surface area contributed by atoms with Crippen molar-refractivity contribution in [1.29, 1.82) is 0 Å². The third-order valence-corrected chi connectivity index (χ3v) is 2.01. The Morgan fingerprint density at radius 1 is 1.64 bits per heavy atom. The summed E-state index contributed by atoms with van der Waals surface area (Å²) < 4.78 is 0. The van der Waals surface area contributed by atoms with Crippen molar-refractivity contribution in [2.45, 2.75) is 25.0 Å². The maximum atomic E-state index is 9.84. The summed E-state index contributed by atoms with van der Waals surface area (Å²) in [6.45, 7) is 9.07. The van der Waals surface area contributed by atoms with Gasteiger partial charge in [-0.3, -0.25) is 0 Å². The van der Waals surface area contributed by atoms with Crippen LogP contribution in [-0.2, 0) is 0 Å². The molecule has 0 bridgehead atoms. The average molecular weight is 155 g/mol. The Bertz CT molecular complexity index is 144. The number of hydrogen-bond donors (Lipinski definition) is 2. The van der Waals surface area contributed by atoms with Gasteiger partial charge in [0.15, 0.2) is 0 Å². The Hall–Kier alpha value is -0.600. The van der Waals surface area contributed by atoms with Gasteiger partial charge >= 0.3 is 0 Å². The van der Waals surface area contributed by atoms with Crippen LogP contribution in [0.1, 0.15) is 13.3 Å². The van der Waals surface area contributed by atoms with Crippen molar-refractivity contribution < 1.29 is 5.11 Å². The van der Waals surface area contributed by atoms with E-state index in [2.05, 4.69) is 18.5 Å². The fourth-order valence-electron chi connectivity index (χ4n) is 0.918. The van der Waals surface area contributed by atoms with Gasteiger partial charge < -0.3 is 10.4 Å². The fraction of sp³-hybridized carbons (Fsp3) is 0.556. The predicted octanol–water partition coefficient (Wildman–Crippen LogP) is 1.09. The van der Waals surface area contributed by atoms with Crippen molar-refractivity contribution >= 4 is 0 Å². The lowest BCUT2D eigenvalue weighted by atomic mass is 9.92. The van der Waals surface area contributed by atoms with Gasteiger partial charge in [0.2, 0.25) is 0 Å². The summed E-state index contributed by atoms with van der Waals surface area (Å²) >= 11 is 0. The van der Waals surface area contributed by atoms with Crippen LogP contribution in [0.2, 0.25) is 0 Å². The van der Waals surface area contributed by atoms with E-state index in [1.165, 1.54) is 0 Å². The molecule has 0 heterocycles. The molecule has 2 atom stereocenters. The molecular weight excluding hydrogens is 138 g/mol. The number of hydrogen-bond acceptors (Lipinski definition) is 2. The summed E-state index contributed by atoms with van der Waals surface area (Å²) in [5.41, 5.74) is -0.865. The molecule has 0 aromatic rings. The zero-order valence-electron chi connectivity index (χ0n) is 7.30. The van der Waals surface area contributed by atoms with E-state index in [9.17, 15) is 5.11 Å². The molecule has 0 saturated heterocycles. The molecule has 0 radical (unpaired) electrons. The van der Waals surface area contributed by atoms with E-state index in [-0.39, 0.29) is 6.04 Å².